The van der Waals surface area contributed by atoms with Crippen LogP contribution in [-0.4, -0.2) is 18.1 Å². The molecule has 0 amide bonds. The van der Waals surface area contributed by atoms with Crippen LogP contribution in [-0.2, 0) is 16.5 Å². The quantitative estimate of drug-likeness (QED) is 0.400. The molecule has 0 aromatic heterocycles. The summed E-state index contributed by atoms with van der Waals surface area (Å²) in [5.41, 5.74) is 2.79. The SMILES string of the molecule is CCc1c(C(C(C)(C)CC(C)C)C(C)(C)CC(C)(C)C)c(C)c(C)c(O)c1S(=O)(=O)O. The van der Waals surface area contributed by atoms with E-state index in [-0.39, 0.29) is 32.8 Å². The smallest absolute Gasteiger partial charge is 0.298 e. The van der Waals surface area contributed by atoms with E-state index in [9.17, 15) is 18.1 Å². The highest BCUT2D eigenvalue weighted by Crippen LogP contribution is 2.57. The van der Waals surface area contributed by atoms with Gasteiger partial charge < -0.3 is 5.11 Å². The molecule has 1 unspecified atom stereocenters. The van der Waals surface area contributed by atoms with E-state index in [1.165, 1.54) is 0 Å². The van der Waals surface area contributed by atoms with Gasteiger partial charge in [-0.1, -0.05) is 69.2 Å². The highest BCUT2D eigenvalue weighted by Gasteiger charge is 2.46. The second-order valence-corrected chi connectivity index (χ2v) is 13.8. The molecule has 1 rings (SSSR count). The molecule has 0 aliphatic rings. The van der Waals surface area contributed by atoms with Crippen molar-refractivity contribution in [1.82, 2.24) is 0 Å². The summed E-state index contributed by atoms with van der Waals surface area (Å²) in [7, 11) is -4.57. The number of phenols is 1. The number of rotatable bonds is 8. The molecule has 5 heteroatoms. The van der Waals surface area contributed by atoms with Crippen molar-refractivity contribution in [2.75, 3.05) is 0 Å². The third kappa shape index (κ3) is 6.25. The average Bonchev–Trinajstić information content (AvgIpc) is 2.49. The molecule has 0 bridgehead atoms. The second kappa shape index (κ2) is 9.05. The molecule has 2 N–H and O–H groups in total. The van der Waals surface area contributed by atoms with Crippen molar-refractivity contribution in [1.29, 1.82) is 0 Å². The Hall–Kier alpha value is -1.07. The van der Waals surface area contributed by atoms with Crippen LogP contribution in [0.5, 0.6) is 5.75 Å². The van der Waals surface area contributed by atoms with Gasteiger partial charge in [0.15, 0.2) is 0 Å². The highest BCUT2D eigenvalue weighted by atomic mass is 32.2. The number of aromatic hydroxyl groups is 1. The molecule has 0 saturated heterocycles. The van der Waals surface area contributed by atoms with Gasteiger partial charge in [0, 0.05) is 0 Å². The Balaban J connectivity index is 4.17. The van der Waals surface area contributed by atoms with Gasteiger partial charge >= 0.3 is 0 Å². The van der Waals surface area contributed by atoms with Crippen LogP contribution in [0.3, 0.4) is 0 Å². The molecule has 0 aliphatic heterocycles. The predicted molar refractivity (Wildman–Crippen MR) is 131 cm³/mol. The van der Waals surface area contributed by atoms with Crippen molar-refractivity contribution in [3.8, 4) is 5.75 Å². The Morgan fingerprint density at radius 1 is 0.903 bits per heavy atom. The van der Waals surface area contributed by atoms with E-state index in [4.69, 9.17) is 0 Å². The maximum Gasteiger partial charge on any atom is 0.298 e. The van der Waals surface area contributed by atoms with Gasteiger partial charge in [0.05, 0.1) is 0 Å². The average molecular weight is 455 g/mol. The molecule has 31 heavy (non-hydrogen) atoms. The van der Waals surface area contributed by atoms with Crippen molar-refractivity contribution >= 4 is 10.1 Å². The molecular weight excluding hydrogens is 408 g/mol. The minimum atomic E-state index is -4.57. The fraction of sp³-hybridized carbons (Fsp3) is 0.769. The van der Waals surface area contributed by atoms with Crippen molar-refractivity contribution in [2.45, 2.75) is 113 Å². The van der Waals surface area contributed by atoms with Crippen LogP contribution in [0.1, 0.15) is 110 Å². The lowest BCUT2D eigenvalue weighted by Gasteiger charge is -2.49. The molecule has 0 aliphatic carbocycles. The van der Waals surface area contributed by atoms with Gasteiger partial charge in [0.1, 0.15) is 10.6 Å². The maximum atomic E-state index is 12.4. The summed E-state index contributed by atoms with van der Waals surface area (Å²) in [5, 5.41) is 10.7. The first-order valence-electron chi connectivity index (χ1n) is 11.5. The summed E-state index contributed by atoms with van der Waals surface area (Å²) in [6.07, 6.45) is 2.35. The lowest BCUT2D eigenvalue weighted by molar-refractivity contribution is 0.0777. The minimum absolute atomic E-state index is 0.0383. The fourth-order valence-electron chi connectivity index (χ4n) is 6.54. The summed E-state index contributed by atoms with van der Waals surface area (Å²) in [6, 6.07) is 0. The standard InChI is InChI=1S/C26H46O4S/c1-13-19-20(17(4)18(5)21(27)22(19)31(28,29)30)23(25(9,10)14-16(2)3)26(11,12)15-24(6,7)8/h16,23,27H,13-15H2,1-12H3,(H,28,29,30). The fourth-order valence-corrected chi connectivity index (χ4v) is 7.50. The van der Waals surface area contributed by atoms with Gasteiger partial charge in [-0.15, -0.1) is 0 Å². The third-order valence-corrected chi connectivity index (χ3v) is 7.48. The van der Waals surface area contributed by atoms with Crippen LogP contribution < -0.4 is 0 Å². The Morgan fingerprint density at radius 2 is 1.39 bits per heavy atom. The van der Waals surface area contributed by atoms with Gasteiger partial charge in [-0.25, -0.2) is 0 Å². The molecule has 1 atom stereocenters. The third-order valence-electron chi connectivity index (χ3n) is 6.52. The molecule has 0 spiro atoms. The van der Waals surface area contributed by atoms with E-state index < -0.39 is 10.1 Å². The van der Waals surface area contributed by atoms with Crippen molar-refractivity contribution < 1.29 is 18.1 Å². The molecular formula is C26H46O4S. The van der Waals surface area contributed by atoms with E-state index in [0.717, 1.165) is 24.0 Å². The summed E-state index contributed by atoms with van der Waals surface area (Å²) < 4.78 is 34.8. The number of benzene rings is 1. The van der Waals surface area contributed by atoms with Crippen LogP contribution in [0.2, 0.25) is 0 Å². The maximum absolute atomic E-state index is 12.4. The molecule has 4 nitrogen and oxygen atoms in total. The van der Waals surface area contributed by atoms with Crippen LogP contribution >= 0.6 is 0 Å². The molecule has 0 heterocycles. The zero-order valence-corrected chi connectivity index (χ0v) is 22.7. The first-order chi connectivity index (χ1) is 13.7. The molecule has 1 aromatic carbocycles. The Bertz CT molecular complexity index is 901. The Morgan fingerprint density at radius 3 is 1.74 bits per heavy atom. The number of phenolic OH excluding ortho intramolecular Hbond substituents is 1. The van der Waals surface area contributed by atoms with Crippen LogP contribution in [0.25, 0.3) is 0 Å². The Labute approximate surface area is 191 Å². The van der Waals surface area contributed by atoms with E-state index in [2.05, 4.69) is 62.3 Å². The molecule has 0 saturated carbocycles. The lowest BCUT2D eigenvalue weighted by atomic mass is 9.55. The second-order valence-electron chi connectivity index (χ2n) is 12.4. The van der Waals surface area contributed by atoms with Gasteiger partial charge in [-0.05, 0) is 83.4 Å². The summed E-state index contributed by atoms with van der Waals surface area (Å²) in [4.78, 5) is -0.315. The summed E-state index contributed by atoms with van der Waals surface area (Å²) in [5.74, 6) is 0.193. The molecule has 1 aromatic rings. The van der Waals surface area contributed by atoms with E-state index in [1.807, 2.05) is 13.8 Å². The highest BCUT2D eigenvalue weighted by molar-refractivity contribution is 7.86. The van der Waals surface area contributed by atoms with Crippen LogP contribution in [0.4, 0.5) is 0 Å². The van der Waals surface area contributed by atoms with E-state index in [1.54, 1.807) is 6.92 Å². The molecule has 0 radical (unpaired) electrons. The number of hydrogen-bond acceptors (Lipinski definition) is 3. The largest absolute Gasteiger partial charge is 0.506 e. The van der Waals surface area contributed by atoms with Crippen molar-refractivity contribution in [3.05, 3.63) is 22.3 Å². The Kier molecular flexibility index (Phi) is 8.17. The zero-order chi connectivity index (χ0) is 24.7. The van der Waals surface area contributed by atoms with Crippen LogP contribution in [0.15, 0.2) is 4.90 Å². The van der Waals surface area contributed by atoms with Gasteiger partial charge in [0.2, 0.25) is 0 Å². The van der Waals surface area contributed by atoms with Gasteiger partial charge in [0.25, 0.3) is 10.1 Å². The van der Waals surface area contributed by atoms with E-state index in [0.29, 0.717) is 23.5 Å². The van der Waals surface area contributed by atoms with Crippen LogP contribution in [0, 0.1) is 36.0 Å². The lowest BCUT2D eigenvalue weighted by Crippen LogP contribution is -2.39. The summed E-state index contributed by atoms with van der Waals surface area (Å²) >= 11 is 0. The minimum Gasteiger partial charge on any atom is -0.506 e. The summed E-state index contributed by atoms with van der Waals surface area (Å²) in [6.45, 7) is 25.9. The van der Waals surface area contributed by atoms with Gasteiger partial charge in [-0.2, -0.15) is 8.42 Å². The monoisotopic (exact) mass is 454 g/mol. The predicted octanol–water partition coefficient (Wildman–Crippen LogP) is 7.44. The first kappa shape index (κ1) is 28.0. The normalized spacial score (nSPS) is 14.9. The molecule has 0 fully saturated rings. The van der Waals surface area contributed by atoms with Crippen molar-refractivity contribution in [2.24, 2.45) is 22.2 Å². The zero-order valence-electron chi connectivity index (χ0n) is 21.9. The van der Waals surface area contributed by atoms with Crippen molar-refractivity contribution in [3.63, 3.8) is 0 Å². The first-order valence-corrected chi connectivity index (χ1v) is 12.9. The topological polar surface area (TPSA) is 74.6 Å². The number of hydrogen-bond donors (Lipinski definition) is 2. The molecule has 180 valence electrons. The van der Waals surface area contributed by atoms with E-state index >= 15 is 0 Å². The van der Waals surface area contributed by atoms with Gasteiger partial charge in [-0.3, -0.25) is 4.55 Å².